The number of hydrogen-bond donors (Lipinski definition) is 2. The Kier molecular flexibility index (Phi) is 6.23. The van der Waals surface area contributed by atoms with E-state index in [0.717, 1.165) is 4.47 Å². The van der Waals surface area contributed by atoms with Crippen molar-refractivity contribution < 1.29 is 18.8 Å². The number of nitrogens with zero attached hydrogens (tertiary/aromatic N) is 2. The second-order valence-corrected chi connectivity index (χ2v) is 7.42. The summed E-state index contributed by atoms with van der Waals surface area (Å²) < 4.78 is 14.1. The summed E-state index contributed by atoms with van der Waals surface area (Å²) in [6.07, 6.45) is -0.214. The van der Waals surface area contributed by atoms with Crippen LogP contribution >= 0.6 is 28.1 Å². The van der Waals surface area contributed by atoms with Gasteiger partial charge in [0.15, 0.2) is 0 Å². The van der Waals surface area contributed by atoms with Gasteiger partial charge in [-0.3, -0.25) is 24.7 Å². The molecule has 1 heterocycles. The van der Waals surface area contributed by atoms with E-state index in [1.807, 2.05) is 0 Å². The van der Waals surface area contributed by atoms with E-state index in [4.69, 9.17) is 12.2 Å². The van der Waals surface area contributed by atoms with Crippen LogP contribution in [0.25, 0.3) is 0 Å². The second-order valence-electron chi connectivity index (χ2n) is 6.14. The van der Waals surface area contributed by atoms with Gasteiger partial charge in [-0.2, -0.15) is 0 Å². The fraction of sp³-hybridized carbons (Fsp3) is 0.158. The summed E-state index contributed by atoms with van der Waals surface area (Å²) in [4.78, 5) is 38.7. The van der Waals surface area contributed by atoms with Crippen LogP contribution in [-0.2, 0) is 9.59 Å². The first-order valence-electron chi connectivity index (χ1n) is 8.51. The topological polar surface area (TPSA) is 81.8 Å². The molecule has 1 aliphatic heterocycles. The highest BCUT2D eigenvalue weighted by molar-refractivity contribution is 9.10. The molecule has 0 bridgehead atoms. The van der Waals surface area contributed by atoms with Crippen LogP contribution in [-0.4, -0.2) is 40.9 Å². The number of hydrogen-bond acceptors (Lipinski definition) is 4. The normalized spacial score (nSPS) is 16.2. The smallest absolute Gasteiger partial charge is 0.269 e. The summed E-state index contributed by atoms with van der Waals surface area (Å²) >= 11 is 8.69. The SMILES string of the molecule is CNC(=O)C[C@@H]1C(=O)N(c2ccc(F)cc2)C(=S)N1NC(=O)c1ccc(Br)cc1. The van der Waals surface area contributed by atoms with Crippen LogP contribution in [0.4, 0.5) is 10.1 Å². The lowest BCUT2D eigenvalue weighted by Crippen LogP contribution is -2.50. The zero-order valence-corrected chi connectivity index (χ0v) is 17.6. The lowest BCUT2D eigenvalue weighted by atomic mass is 10.2. The number of carbonyl (C=O) groups excluding carboxylic acids is 3. The molecular weight excluding hydrogens is 463 g/mol. The number of thiocarbonyl (C=S) groups is 1. The highest BCUT2D eigenvalue weighted by Crippen LogP contribution is 2.26. The van der Waals surface area contributed by atoms with Crippen molar-refractivity contribution in [2.75, 3.05) is 11.9 Å². The van der Waals surface area contributed by atoms with Gasteiger partial charge in [0.25, 0.3) is 11.8 Å². The Hall–Kier alpha value is -2.85. The standard InChI is InChI=1S/C19H16BrFN4O3S/c1-22-16(26)10-15-18(28)24(14-8-6-13(21)7-9-14)19(29)25(15)23-17(27)11-2-4-12(20)5-3-11/h2-9,15H,10H2,1H3,(H,22,26)(H,23,27)/t15-/m1/s1. The minimum absolute atomic E-state index is 0.0130. The van der Waals surface area contributed by atoms with Gasteiger partial charge in [0, 0.05) is 17.1 Å². The molecule has 29 heavy (non-hydrogen) atoms. The van der Waals surface area contributed by atoms with Crippen LogP contribution in [0.5, 0.6) is 0 Å². The van der Waals surface area contributed by atoms with Crippen LogP contribution in [0.15, 0.2) is 53.0 Å². The number of carbonyl (C=O) groups is 3. The van der Waals surface area contributed by atoms with Gasteiger partial charge in [-0.1, -0.05) is 15.9 Å². The van der Waals surface area contributed by atoms with Crippen molar-refractivity contribution in [3.63, 3.8) is 0 Å². The maximum atomic E-state index is 13.3. The van der Waals surface area contributed by atoms with Gasteiger partial charge in [0.05, 0.1) is 12.1 Å². The van der Waals surface area contributed by atoms with Gasteiger partial charge in [0.1, 0.15) is 11.9 Å². The van der Waals surface area contributed by atoms with Gasteiger partial charge in [0.2, 0.25) is 11.0 Å². The third kappa shape index (κ3) is 4.43. The molecular formula is C19H16BrFN4O3S. The van der Waals surface area contributed by atoms with Crippen molar-refractivity contribution in [2.45, 2.75) is 12.5 Å². The number of rotatable bonds is 5. The van der Waals surface area contributed by atoms with Gasteiger partial charge < -0.3 is 5.32 Å². The quantitative estimate of drug-likeness (QED) is 0.644. The fourth-order valence-electron chi connectivity index (χ4n) is 2.78. The average molecular weight is 479 g/mol. The molecule has 10 heteroatoms. The van der Waals surface area contributed by atoms with Gasteiger partial charge >= 0.3 is 0 Å². The molecule has 3 amide bonds. The molecule has 0 aliphatic carbocycles. The molecule has 0 spiro atoms. The molecule has 3 rings (SSSR count). The van der Waals surface area contributed by atoms with E-state index in [9.17, 15) is 18.8 Å². The summed E-state index contributed by atoms with van der Waals surface area (Å²) in [5.41, 5.74) is 3.29. The number of hydrazine groups is 1. The largest absolute Gasteiger partial charge is 0.359 e. The summed E-state index contributed by atoms with van der Waals surface area (Å²) in [5, 5.41) is 3.64. The lowest BCUT2D eigenvalue weighted by molar-refractivity contribution is -0.127. The highest BCUT2D eigenvalue weighted by atomic mass is 79.9. The maximum Gasteiger partial charge on any atom is 0.269 e. The molecule has 1 atom stereocenters. The minimum atomic E-state index is -1.04. The first-order chi connectivity index (χ1) is 13.8. The number of amides is 3. The Labute approximate surface area is 180 Å². The summed E-state index contributed by atoms with van der Waals surface area (Å²) in [7, 11) is 1.45. The fourth-order valence-corrected chi connectivity index (χ4v) is 3.41. The molecule has 1 fully saturated rings. The van der Waals surface area contributed by atoms with E-state index in [-0.39, 0.29) is 11.5 Å². The zero-order chi connectivity index (χ0) is 21.1. The first kappa shape index (κ1) is 20.9. The van der Waals surface area contributed by atoms with Crippen molar-refractivity contribution in [1.82, 2.24) is 15.8 Å². The maximum absolute atomic E-state index is 13.3. The molecule has 2 aromatic rings. The van der Waals surface area contributed by atoms with E-state index >= 15 is 0 Å². The second kappa shape index (κ2) is 8.66. The van der Waals surface area contributed by atoms with Crippen LogP contribution < -0.4 is 15.6 Å². The Morgan fingerprint density at radius 3 is 2.34 bits per heavy atom. The Balaban J connectivity index is 1.90. The van der Waals surface area contributed by atoms with Gasteiger partial charge in [-0.25, -0.2) is 9.40 Å². The Bertz CT molecular complexity index is 968. The first-order valence-corrected chi connectivity index (χ1v) is 9.72. The van der Waals surface area contributed by atoms with Crippen LogP contribution in [0.2, 0.25) is 0 Å². The molecule has 2 N–H and O–H groups in total. The van der Waals surface area contributed by atoms with Crippen LogP contribution in [0, 0.1) is 5.82 Å². The summed E-state index contributed by atoms with van der Waals surface area (Å²) in [6.45, 7) is 0. The Morgan fingerprint density at radius 1 is 1.14 bits per heavy atom. The summed E-state index contributed by atoms with van der Waals surface area (Å²) in [6, 6.07) is 10.8. The molecule has 150 valence electrons. The lowest BCUT2D eigenvalue weighted by Gasteiger charge is -2.24. The van der Waals surface area contributed by atoms with Gasteiger partial charge in [-0.15, -0.1) is 0 Å². The molecule has 2 aromatic carbocycles. The number of benzene rings is 2. The molecule has 0 radical (unpaired) electrons. The number of anilines is 1. The van der Waals surface area contributed by atoms with Crippen molar-refractivity contribution >= 4 is 56.7 Å². The van der Waals surface area contributed by atoms with Crippen LogP contribution in [0.1, 0.15) is 16.8 Å². The monoisotopic (exact) mass is 478 g/mol. The zero-order valence-electron chi connectivity index (χ0n) is 15.2. The van der Waals surface area contributed by atoms with E-state index < -0.39 is 29.6 Å². The predicted molar refractivity (Wildman–Crippen MR) is 112 cm³/mol. The molecule has 1 aliphatic rings. The predicted octanol–water partition coefficient (Wildman–Crippen LogP) is 2.37. The third-order valence-corrected chi connectivity index (χ3v) is 5.19. The van der Waals surface area contributed by atoms with Gasteiger partial charge in [-0.05, 0) is 60.7 Å². The Morgan fingerprint density at radius 2 is 1.76 bits per heavy atom. The average Bonchev–Trinajstić information content (AvgIpc) is 2.93. The minimum Gasteiger partial charge on any atom is -0.359 e. The van der Waals surface area contributed by atoms with E-state index in [1.165, 1.54) is 41.2 Å². The van der Waals surface area contributed by atoms with Crippen molar-refractivity contribution in [3.8, 4) is 0 Å². The van der Waals surface area contributed by atoms with E-state index in [1.54, 1.807) is 24.3 Å². The molecule has 7 nitrogen and oxygen atoms in total. The van der Waals surface area contributed by atoms with Crippen LogP contribution in [0.3, 0.4) is 0 Å². The summed E-state index contributed by atoms with van der Waals surface area (Å²) in [5.74, 6) is -1.85. The third-order valence-electron chi connectivity index (χ3n) is 4.29. The van der Waals surface area contributed by atoms with E-state index in [0.29, 0.717) is 11.3 Å². The van der Waals surface area contributed by atoms with E-state index in [2.05, 4.69) is 26.7 Å². The van der Waals surface area contributed by atoms with Crippen molar-refractivity contribution in [1.29, 1.82) is 0 Å². The number of nitrogens with one attached hydrogen (secondary N) is 2. The molecule has 0 aromatic heterocycles. The van der Waals surface area contributed by atoms with Crippen molar-refractivity contribution in [2.24, 2.45) is 0 Å². The van der Waals surface area contributed by atoms with Crippen molar-refractivity contribution in [3.05, 3.63) is 64.4 Å². The molecule has 0 unspecified atom stereocenters. The molecule has 0 saturated carbocycles. The highest BCUT2D eigenvalue weighted by Gasteiger charge is 2.45. The molecule has 1 saturated heterocycles. The number of halogens is 2.